The van der Waals surface area contributed by atoms with Crippen LogP contribution in [0.2, 0.25) is 0 Å². The zero-order chi connectivity index (χ0) is 47.7. The van der Waals surface area contributed by atoms with Crippen LogP contribution in [0, 0.1) is 57.2 Å². The smallest absolute Gasteiger partial charge is 0.430 e. The predicted molar refractivity (Wildman–Crippen MR) is 225 cm³/mol. The number of fused-ring (bicyclic) bond motifs is 10. The molecule has 0 aromatic carbocycles. The molecule has 0 aromatic heterocycles. The summed E-state index contributed by atoms with van der Waals surface area (Å²) in [5.41, 5.74) is -12.4. The van der Waals surface area contributed by atoms with Crippen molar-refractivity contribution in [2.75, 3.05) is 19.8 Å². The van der Waals surface area contributed by atoms with Gasteiger partial charge in [0.25, 0.3) is 0 Å². The summed E-state index contributed by atoms with van der Waals surface area (Å²) in [6.07, 6.45) is 3.02. The fourth-order valence-corrected chi connectivity index (χ4v) is 15.2. The lowest BCUT2D eigenvalue weighted by Crippen LogP contribution is -2.69. The normalized spacial score (nSPS) is 47.3. The third-order valence-electron chi connectivity index (χ3n) is 18.7. The number of hydrogen-bond acceptors (Lipinski definition) is 14. The van der Waals surface area contributed by atoms with Gasteiger partial charge in [-0.3, -0.25) is 19.2 Å². The van der Waals surface area contributed by atoms with Crippen molar-refractivity contribution in [2.45, 2.75) is 141 Å². The average Bonchev–Trinajstić information content (AvgIpc) is 3.57. The van der Waals surface area contributed by atoms with E-state index < -0.39 is 142 Å². The van der Waals surface area contributed by atoms with Crippen molar-refractivity contribution in [1.29, 1.82) is 0 Å². The van der Waals surface area contributed by atoms with Crippen LogP contribution in [-0.4, -0.2) is 117 Å². The molecule has 8 aliphatic rings. The third kappa shape index (κ3) is 6.27. The topological polar surface area (TPSA) is 220 Å². The Morgan fingerprint density at radius 3 is 1.49 bits per heavy atom. The first-order valence-electron chi connectivity index (χ1n) is 23.0. The van der Waals surface area contributed by atoms with Gasteiger partial charge in [-0.25, -0.2) is 18.4 Å². The van der Waals surface area contributed by atoms with Crippen LogP contribution in [0.1, 0.15) is 99.8 Å². The Labute approximate surface area is 376 Å². The van der Waals surface area contributed by atoms with Crippen molar-refractivity contribution < 1.29 is 76.9 Å². The summed E-state index contributed by atoms with van der Waals surface area (Å²) >= 11 is 0. The van der Waals surface area contributed by atoms with Gasteiger partial charge in [-0.2, -0.15) is 0 Å². The van der Waals surface area contributed by atoms with Crippen molar-refractivity contribution in [1.82, 2.24) is 0 Å². The molecule has 0 radical (unpaired) electrons. The highest BCUT2D eigenvalue weighted by atomic mass is 19.1. The number of allylic oxidation sites excluding steroid dienone is 8. The van der Waals surface area contributed by atoms with Gasteiger partial charge in [0.1, 0.15) is 23.9 Å². The summed E-state index contributed by atoms with van der Waals surface area (Å²) in [5.74, 6) is -6.13. The quantitative estimate of drug-likeness (QED) is 0.210. The van der Waals surface area contributed by atoms with Gasteiger partial charge in [0.15, 0.2) is 36.1 Å². The van der Waals surface area contributed by atoms with E-state index in [4.69, 9.17) is 18.9 Å². The number of hydrogen-bond donors (Lipinski definition) is 4. The van der Waals surface area contributed by atoms with Crippen LogP contribution in [0.15, 0.2) is 47.6 Å². The number of carbonyl (C=O) groups excluding carboxylic acids is 6. The van der Waals surface area contributed by atoms with Crippen LogP contribution >= 0.6 is 0 Å². The molecule has 16 heteroatoms. The van der Waals surface area contributed by atoms with E-state index >= 15 is 8.78 Å². The summed E-state index contributed by atoms with van der Waals surface area (Å²) < 4.78 is 55.4. The van der Waals surface area contributed by atoms with E-state index in [9.17, 15) is 49.2 Å². The molecule has 0 heterocycles. The van der Waals surface area contributed by atoms with Crippen LogP contribution < -0.4 is 0 Å². The van der Waals surface area contributed by atoms with Gasteiger partial charge in [0, 0.05) is 33.5 Å². The number of Topliss-reactive ketones (excluding diaryl/α,β-unsaturated/α-hetero) is 2. The molecule has 65 heavy (non-hydrogen) atoms. The Morgan fingerprint density at radius 1 is 0.677 bits per heavy atom. The van der Waals surface area contributed by atoms with Crippen LogP contribution in [0.3, 0.4) is 0 Å². The first-order chi connectivity index (χ1) is 30.2. The zero-order valence-electron chi connectivity index (χ0n) is 38.1. The molecule has 6 fully saturated rings. The highest BCUT2D eigenvalue weighted by Crippen LogP contribution is 2.72. The van der Waals surface area contributed by atoms with Crippen molar-refractivity contribution >= 4 is 35.4 Å². The highest BCUT2D eigenvalue weighted by molar-refractivity contribution is 6.02. The zero-order valence-corrected chi connectivity index (χ0v) is 38.1. The molecule has 0 aromatic rings. The number of carbonyl (C=O) groups is 6. The fourth-order valence-electron chi connectivity index (χ4n) is 15.2. The van der Waals surface area contributed by atoms with E-state index in [1.54, 1.807) is 41.5 Å². The number of halogens is 2. The van der Waals surface area contributed by atoms with Gasteiger partial charge in [-0.1, -0.05) is 51.0 Å². The Balaban J connectivity index is 0.833. The van der Waals surface area contributed by atoms with Crippen molar-refractivity contribution in [3.05, 3.63) is 47.6 Å². The lowest BCUT2D eigenvalue weighted by atomic mass is 9.44. The van der Waals surface area contributed by atoms with Crippen LogP contribution in [0.5, 0.6) is 0 Å². The maximum atomic E-state index is 17.5. The Kier molecular flexibility index (Phi) is 11.3. The van der Waals surface area contributed by atoms with Gasteiger partial charge in [-0.15, -0.1) is 0 Å². The van der Waals surface area contributed by atoms with Crippen molar-refractivity contribution in [3.63, 3.8) is 0 Å². The number of ketones is 4. The number of aliphatic hydroxyl groups is 4. The summed E-state index contributed by atoms with van der Waals surface area (Å²) in [6.45, 7) is 8.97. The molecule has 1 unspecified atom stereocenters. The molecular weight excluding hydrogens is 851 g/mol. The Bertz CT molecular complexity index is 2220. The lowest BCUT2D eigenvalue weighted by Gasteiger charge is -2.62. The molecule has 8 aliphatic carbocycles. The van der Waals surface area contributed by atoms with Crippen molar-refractivity contribution in [2.24, 2.45) is 57.2 Å². The van der Waals surface area contributed by atoms with Gasteiger partial charge in [0.2, 0.25) is 11.6 Å². The summed E-state index contributed by atoms with van der Waals surface area (Å²) in [4.78, 5) is 77.4. The van der Waals surface area contributed by atoms with Gasteiger partial charge in [0.05, 0.1) is 12.2 Å². The molecule has 17 atom stereocenters. The molecule has 0 aliphatic heterocycles. The molecule has 6 saturated carbocycles. The standard InChI is InChI=1S/C49H62F2O14/c1-25-16-34-32-10-8-28-18-30(52)12-14-42(28,4)46(32,50)36(54)20-44(34,6)48(25,60)38(56)23-63-40(58)62-22-27(3)65-41(59)64-24-39(57)49(61)26(2)17-35-33-11-9-29-19-31(53)13-15-43(29,5)47(33,51)37(55)21-45(35,49)7/h12-15,18-19,25-27,32-37,54-55,60-61H,8-11,16-17,20-24H2,1-7H3/t25-,26-,27?,32+,33+,34+,35+,36+,37+,42+,43+,44+,45+,46+,47+,48+,49+/m1/s1. The highest BCUT2D eigenvalue weighted by Gasteiger charge is 2.77. The second-order valence-electron chi connectivity index (χ2n) is 21.5. The van der Waals surface area contributed by atoms with Gasteiger partial charge < -0.3 is 39.4 Å². The van der Waals surface area contributed by atoms with E-state index in [1.165, 1.54) is 43.4 Å². The molecule has 0 amide bonds. The predicted octanol–water partition coefficient (Wildman–Crippen LogP) is 5.52. The largest absolute Gasteiger partial charge is 0.509 e. The van der Waals surface area contributed by atoms with Crippen LogP contribution in [-0.2, 0) is 38.1 Å². The second-order valence-corrected chi connectivity index (χ2v) is 21.5. The van der Waals surface area contributed by atoms with Crippen LogP contribution in [0.25, 0.3) is 0 Å². The second kappa shape index (κ2) is 15.5. The van der Waals surface area contributed by atoms with E-state index in [2.05, 4.69) is 0 Å². The molecule has 4 N–H and O–H groups in total. The van der Waals surface area contributed by atoms with Crippen LogP contribution in [0.4, 0.5) is 18.4 Å². The summed E-state index contributed by atoms with van der Waals surface area (Å²) in [6, 6.07) is 0. The molecule has 356 valence electrons. The Morgan fingerprint density at radius 2 is 1.08 bits per heavy atom. The monoisotopic (exact) mass is 912 g/mol. The average molecular weight is 913 g/mol. The number of rotatable bonds is 9. The van der Waals surface area contributed by atoms with Crippen molar-refractivity contribution in [3.8, 4) is 0 Å². The maximum absolute atomic E-state index is 17.5. The SMILES string of the molecule is CC(COC(=O)OCC(=O)[C@@]1(O)[C@H](C)C[C@H]2[C@@H]3CCC4=CC(=O)C=C[C@]4(C)[C@@]3(F)[C@@H](O)C[C@@]21C)OC(=O)OCC(=O)[C@@]1(O)[C@H](C)C[C@H]2[C@@H]3CCC4=CC(=O)C=C[C@]4(C)[C@@]3(F)[C@@H](O)C[C@@]21C. The number of aliphatic hydroxyl groups excluding tert-OH is 2. The minimum absolute atomic E-state index is 0.245. The van der Waals surface area contributed by atoms with E-state index in [0.717, 1.165) is 0 Å². The first-order valence-corrected chi connectivity index (χ1v) is 23.0. The van der Waals surface area contributed by atoms with E-state index in [-0.39, 0.29) is 37.2 Å². The molecule has 8 rings (SSSR count). The lowest BCUT2D eigenvalue weighted by molar-refractivity contribution is -0.219. The van der Waals surface area contributed by atoms with E-state index in [1.807, 2.05) is 0 Å². The summed E-state index contributed by atoms with van der Waals surface area (Å²) in [5, 5.41) is 47.5. The first kappa shape index (κ1) is 47.4. The molecule has 0 bridgehead atoms. The van der Waals surface area contributed by atoms with Gasteiger partial charge >= 0.3 is 12.3 Å². The third-order valence-corrected chi connectivity index (χ3v) is 18.7. The molecule has 0 saturated heterocycles. The maximum Gasteiger partial charge on any atom is 0.509 e. The number of alkyl halides is 2. The van der Waals surface area contributed by atoms with E-state index in [0.29, 0.717) is 36.8 Å². The molecule has 0 spiro atoms. The minimum Gasteiger partial charge on any atom is -0.430 e. The number of ether oxygens (including phenoxy) is 4. The molecule has 14 nitrogen and oxygen atoms in total. The molecular formula is C49H62F2O14. The van der Waals surface area contributed by atoms with Gasteiger partial charge in [-0.05, 0) is 120 Å². The minimum atomic E-state index is -2.16. The summed E-state index contributed by atoms with van der Waals surface area (Å²) in [7, 11) is 0. The Hall–Kier alpha value is -4.12. The fraction of sp³-hybridized carbons (Fsp3) is 0.714.